The molecule has 8 nitrogen and oxygen atoms in total. The van der Waals surface area contributed by atoms with Gasteiger partial charge in [-0.25, -0.2) is 0 Å². The zero-order chi connectivity index (χ0) is 27.4. The second-order valence-electron chi connectivity index (χ2n) is 9.16. The highest BCUT2D eigenvalue weighted by molar-refractivity contribution is 7.99. The average molecular weight is 541 g/mol. The molecule has 0 spiro atoms. The Labute approximate surface area is 230 Å². The number of hydrogen-bond donors (Lipinski definition) is 0. The van der Waals surface area contributed by atoms with Gasteiger partial charge in [0, 0.05) is 10.6 Å². The van der Waals surface area contributed by atoms with E-state index in [4.69, 9.17) is 9.47 Å². The lowest BCUT2D eigenvalue weighted by atomic mass is 10.1. The standard InChI is InChI=1S/C30H28N4O4S/c1-20-8-6-12-25(16-20)34-21(2)31-32-30(34)39-29(18-33(35)36)23-14-15-27(28(17-23)37-3)38-19-24-11-7-10-22-9-4-5-13-26(22)24/h4-17,29H,18-19H2,1-3H3/t29-/m1/s1. The molecule has 39 heavy (non-hydrogen) atoms. The number of aryl methyl sites for hydroxylation is 2. The van der Waals surface area contributed by atoms with Crippen molar-refractivity contribution in [3.8, 4) is 17.2 Å². The van der Waals surface area contributed by atoms with Gasteiger partial charge in [0.1, 0.15) is 17.7 Å². The lowest BCUT2D eigenvalue weighted by Crippen LogP contribution is -2.11. The molecule has 198 valence electrons. The van der Waals surface area contributed by atoms with Gasteiger partial charge in [0.05, 0.1) is 7.11 Å². The smallest absolute Gasteiger partial charge is 0.220 e. The number of ether oxygens (including phenoxy) is 2. The first-order valence-corrected chi connectivity index (χ1v) is 13.4. The summed E-state index contributed by atoms with van der Waals surface area (Å²) in [6.07, 6.45) is 0. The summed E-state index contributed by atoms with van der Waals surface area (Å²) >= 11 is 1.31. The summed E-state index contributed by atoms with van der Waals surface area (Å²) in [6, 6.07) is 27.7. The largest absolute Gasteiger partial charge is 0.493 e. The third-order valence-corrected chi connectivity index (χ3v) is 7.62. The molecule has 0 radical (unpaired) electrons. The molecule has 0 fully saturated rings. The molecule has 0 aliphatic heterocycles. The normalized spacial score (nSPS) is 11.9. The zero-order valence-corrected chi connectivity index (χ0v) is 22.7. The van der Waals surface area contributed by atoms with Crippen LogP contribution in [0.2, 0.25) is 0 Å². The summed E-state index contributed by atoms with van der Waals surface area (Å²) < 4.78 is 13.7. The van der Waals surface area contributed by atoms with Crippen molar-refractivity contribution in [1.82, 2.24) is 14.8 Å². The van der Waals surface area contributed by atoms with Gasteiger partial charge >= 0.3 is 0 Å². The molecule has 0 bridgehead atoms. The van der Waals surface area contributed by atoms with Crippen LogP contribution in [0.1, 0.15) is 27.8 Å². The molecule has 0 saturated heterocycles. The van der Waals surface area contributed by atoms with E-state index in [1.54, 1.807) is 13.2 Å². The van der Waals surface area contributed by atoms with E-state index in [0.29, 0.717) is 29.1 Å². The van der Waals surface area contributed by atoms with Crippen LogP contribution >= 0.6 is 11.8 Å². The van der Waals surface area contributed by atoms with Crippen molar-refractivity contribution < 1.29 is 14.4 Å². The molecule has 1 heterocycles. The summed E-state index contributed by atoms with van der Waals surface area (Å²) in [5, 5.41) is 22.6. The molecule has 0 amide bonds. The van der Waals surface area contributed by atoms with Crippen molar-refractivity contribution >= 4 is 22.5 Å². The third-order valence-electron chi connectivity index (χ3n) is 6.44. The number of methoxy groups -OCH3 is 1. The molecule has 5 rings (SSSR count). The average Bonchev–Trinajstić information content (AvgIpc) is 3.30. The Bertz CT molecular complexity index is 1630. The van der Waals surface area contributed by atoms with Crippen molar-refractivity contribution in [3.05, 3.63) is 118 Å². The number of nitrogens with zero attached hydrogens (tertiary/aromatic N) is 4. The van der Waals surface area contributed by atoms with Crippen LogP contribution in [0.25, 0.3) is 16.5 Å². The Morgan fingerprint density at radius 3 is 2.54 bits per heavy atom. The molecule has 0 saturated carbocycles. The highest BCUT2D eigenvalue weighted by atomic mass is 32.2. The number of thioether (sulfide) groups is 1. The van der Waals surface area contributed by atoms with Crippen LogP contribution in [-0.4, -0.2) is 33.3 Å². The lowest BCUT2D eigenvalue weighted by Gasteiger charge is -2.17. The quantitative estimate of drug-likeness (QED) is 0.110. The van der Waals surface area contributed by atoms with Crippen LogP contribution < -0.4 is 9.47 Å². The SMILES string of the molecule is COc1cc([C@@H](C[N+](=O)[O-])Sc2nnc(C)n2-c2cccc(C)c2)ccc1OCc1cccc2ccccc12. The van der Waals surface area contributed by atoms with Gasteiger partial charge in [-0.2, -0.15) is 0 Å². The van der Waals surface area contributed by atoms with Crippen LogP contribution in [0.4, 0.5) is 0 Å². The molecule has 1 aromatic heterocycles. The van der Waals surface area contributed by atoms with E-state index in [2.05, 4.69) is 28.4 Å². The van der Waals surface area contributed by atoms with Crippen LogP contribution in [-0.2, 0) is 6.61 Å². The van der Waals surface area contributed by atoms with Gasteiger partial charge in [0.15, 0.2) is 16.7 Å². The minimum Gasteiger partial charge on any atom is -0.493 e. The summed E-state index contributed by atoms with van der Waals surface area (Å²) in [6.45, 7) is 3.96. The van der Waals surface area contributed by atoms with E-state index in [0.717, 1.165) is 33.2 Å². The minimum absolute atomic E-state index is 0.288. The maximum atomic E-state index is 11.7. The van der Waals surface area contributed by atoms with Gasteiger partial charge in [0.25, 0.3) is 0 Å². The number of rotatable bonds is 10. The summed E-state index contributed by atoms with van der Waals surface area (Å²) in [5.74, 6) is 1.79. The number of nitro groups is 1. The van der Waals surface area contributed by atoms with Crippen molar-refractivity contribution in [2.45, 2.75) is 30.9 Å². The molecule has 4 aromatic carbocycles. The molecule has 1 atom stereocenters. The first-order chi connectivity index (χ1) is 18.9. The summed E-state index contributed by atoms with van der Waals surface area (Å²) in [4.78, 5) is 11.3. The van der Waals surface area contributed by atoms with E-state index >= 15 is 0 Å². The highest BCUT2D eigenvalue weighted by Gasteiger charge is 2.25. The summed E-state index contributed by atoms with van der Waals surface area (Å²) in [7, 11) is 1.57. The third kappa shape index (κ3) is 5.88. The Kier molecular flexibility index (Phi) is 7.79. The van der Waals surface area contributed by atoms with E-state index in [9.17, 15) is 10.1 Å². The fraction of sp³-hybridized carbons (Fsp3) is 0.200. The predicted octanol–water partition coefficient (Wildman–Crippen LogP) is 6.74. The maximum Gasteiger partial charge on any atom is 0.220 e. The Hall–Kier alpha value is -4.37. The van der Waals surface area contributed by atoms with Gasteiger partial charge < -0.3 is 9.47 Å². The lowest BCUT2D eigenvalue weighted by molar-refractivity contribution is -0.479. The first kappa shape index (κ1) is 26.2. The molecule has 0 aliphatic rings. The van der Waals surface area contributed by atoms with E-state index < -0.39 is 5.25 Å². The molecular formula is C30H28N4O4S. The minimum atomic E-state index is -0.520. The van der Waals surface area contributed by atoms with Crippen molar-refractivity contribution in [2.24, 2.45) is 0 Å². The van der Waals surface area contributed by atoms with Crippen molar-refractivity contribution in [1.29, 1.82) is 0 Å². The van der Waals surface area contributed by atoms with E-state index in [1.165, 1.54) is 11.8 Å². The van der Waals surface area contributed by atoms with Crippen LogP contribution in [0, 0.1) is 24.0 Å². The van der Waals surface area contributed by atoms with E-state index in [1.807, 2.05) is 79.1 Å². The van der Waals surface area contributed by atoms with E-state index in [-0.39, 0.29) is 11.5 Å². The van der Waals surface area contributed by atoms with Gasteiger partial charge in [0.2, 0.25) is 6.54 Å². The number of hydrogen-bond acceptors (Lipinski definition) is 7. The van der Waals surface area contributed by atoms with Crippen LogP contribution in [0.3, 0.4) is 0 Å². The number of aromatic nitrogens is 3. The molecule has 0 N–H and O–H groups in total. The monoisotopic (exact) mass is 540 g/mol. The van der Waals surface area contributed by atoms with Crippen LogP contribution in [0.15, 0.2) is 90.1 Å². The molecule has 0 aliphatic carbocycles. The fourth-order valence-electron chi connectivity index (χ4n) is 4.53. The molecular weight excluding hydrogens is 512 g/mol. The fourth-order valence-corrected chi connectivity index (χ4v) is 5.70. The van der Waals surface area contributed by atoms with Gasteiger partial charge in [-0.15, -0.1) is 10.2 Å². The zero-order valence-electron chi connectivity index (χ0n) is 21.9. The predicted molar refractivity (Wildman–Crippen MR) is 153 cm³/mol. The topological polar surface area (TPSA) is 92.3 Å². The van der Waals surface area contributed by atoms with Gasteiger partial charge in [-0.1, -0.05) is 72.4 Å². The van der Waals surface area contributed by atoms with Crippen molar-refractivity contribution in [2.75, 3.05) is 13.7 Å². The molecule has 0 unspecified atom stereocenters. The number of benzene rings is 4. The summed E-state index contributed by atoms with van der Waals surface area (Å²) in [5.41, 5.74) is 3.81. The highest BCUT2D eigenvalue weighted by Crippen LogP contribution is 2.39. The second-order valence-corrected chi connectivity index (χ2v) is 10.3. The molecule has 5 aromatic rings. The number of fused-ring (bicyclic) bond motifs is 1. The molecule has 9 heteroatoms. The Morgan fingerprint density at radius 1 is 0.949 bits per heavy atom. The van der Waals surface area contributed by atoms with Gasteiger partial charge in [-0.3, -0.25) is 14.7 Å². The van der Waals surface area contributed by atoms with Crippen LogP contribution in [0.5, 0.6) is 11.5 Å². The maximum absolute atomic E-state index is 11.7. The Morgan fingerprint density at radius 2 is 1.74 bits per heavy atom. The Balaban J connectivity index is 1.42. The first-order valence-electron chi connectivity index (χ1n) is 12.5. The van der Waals surface area contributed by atoms with Gasteiger partial charge in [-0.05, 0) is 65.6 Å². The van der Waals surface area contributed by atoms with Crippen molar-refractivity contribution in [3.63, 3.8) is 0 Å². The second kappa shape index (κ2) is 11.6.